The maximum absolute atomic E-state index is 6.02. The van der Waals surface area contributed by atoms with Gasteiger partial charge in [0.15, 0.2) is 0 Å². The summed E-state index contributed by atoms with van der Waals surface area (Å²) in [7, 11) is 0. The topological polar surface area (TPSA) is 50.7 Å². The first kappa shape index (κ1) is 12.8. The van der Waals surface area contributed by atoms with Crippen molar-refractivity contribution >= 4 is 11.7 Å². The highest BCUT2D eigenvalue weighted by molar-refractivity contribution is 6.09. The Morgan fingerprint density at radius 2 is 1.67 bits per heavy atom. The second-order valence-corrected chi connectivity index (χ2v) is 5.87. The van der Waals surface area contributed by atoms with Gasteiger partial charge in [0.2, 0.25) is 0 Å². The minimum Gasteiger partial charge on any atom is -0.387 e. The first-order valence-electron chi connectivity index (χ1n) is 6.29. The molecule has 2 N–H and O–H groups in total. The lowest BCUT2D eigenvalue weighted by Gasteiger charge is -2.34. The summed E-state index contributed by atoms with van der Waals surface area (Å²) in [5.74, 6) is 1.54. The molecule has 1 aromatic carbocycles. The number of aliphatic imine (C=N–C) groups is 2. The SMILES string of the molecule is CC1(C)C(N)=NC(=NCc2ccccc2)C1(C)C. The third-order valence-electron chi connectivity index (χ3n) is 4.24. The lowest BCUT2D eigenvalue weighted by Crippen LogP contribution is -2.41. The van der Waals surface area contributed by atoms with E-state index in [0.29, 0.717) is 12.4 Å². The van der Waals surface area contributed by atoms with Gasteiger partial charge in [-0.05, 0) is 5.56 Å². The second-order valence-electron chi connectivity index (χ2n) is 5.87. The fraction of sp³-hybridized carbons (Fsp3) is 0.467. The summed E-state index contributed by atoms with van der Waals surface area (Å²) in [5, 5.41) is 0. The average molecular weight is 243 g/mol. The molecular formula is C15H21N3. The Hall–Kier alpha value is -1.64. The third kappa shape index (κ3) is 1.94. The van der Waals surface area contributed by atoms with Gasteiger partial charge in [0.05, 0.1) is 6.54 Å². The maximum Gasteiger partial charge on any atom is 0.132 e. The highest BCUT2D eigenvalue weighted by Gasteiger charge is 2.49. The Labute approximate surface area is 109 Å². The molecule has 0 aliphatic carbocycles. The normalized spacial score (nSPS) is 23.1. The number of hydrogen-bond donors (Lipinski definition) is 1. The van der Waals surface area contributed by atoms with E-state index in [-0.39, 0.29) is 10.8 Å². The van der Waals surface area contributed by atoms with Crippen molar-refractivity contribution in [3.05, 3.63) is 35.9 Å². The molecule has 18 heavy (non-hydrogen) atoms. The van der Waals surface area contributed by atoms with Gasteiger partial charge in [0, 0.05) is 10.8 Å². The van der Waals surface area contributed by atoms with Crippen molar-refractivity contribution in [3.63, 3.8) is 0 Å². The van der Waals surface area contributed by atoms with Crippen LogP contribution in [0.1, 0.15) is 33.3 Å². The van der Waals surface area contributed by atoms with Gasteiger partial charge >= 0.3 is 0 Å². The van der Waals surface area contributed by atoms with E-state index in [0.717, 1.165) is 5.84 Å². The Morgan fingerprint density at radius 1 is 1.06 bits per heavy atom. The summed E-state index contributed by atoms with van der Waals surface area (Å²) in [6.45, 7) is 9.21. The molecule has 3 nitrogen and oxygen atoms in total. The fourth-order valence-corrected chi connectivity index (χ4v) is 1.98. The molecule has 0 radical (unpaired) electrons. The predicted molar refractivity (Wildman–Crippen MR) is 76.8 cm³/mol. The van der Waals surface area contributed by atoms with Crippen molar-refractivity contribution in [3.8, 4) is 0 Å². The molecule has 0 spiro atoms. The van der Waals surface area contributed by atoms with Crippen molar-refractivity contribution < 1.29 is 0 Å². The van der Waals surface area contributed by atoms with Gasteiger partial charge in [0.25, 0.3) is 0 Å². The molecular weight excluding hydrogens is 222 g/mol. The lowest BCUT2D eigenvalue weighted by atomic mass is 9.68. The van der Waals surface area contributed by atoms with Crippen LogP contribution >= 0.6 is 0 Å². The largest absolute Gasteiger partial charge is 0.387 e. The molecule has 0 aromatic heterocycles. The molecule has 0 unspecified atom stereocenters. The zero-order chi connectivity index (χ0) is 13.4. The summed E-state index contributed by atoms with van der Waals surface area (Å²) in [6, 6.07) is 10.2. The van der Waals surface area contributed by atoms with E-state index in [2.05, 4.69) is 49.8 Å². The van der Waals surface area contributed by atoms with E-state index >= 15 is 0 Å². The van der Waals surface area contributed by atoms with Crippen LogP contribution in [-0.2, 0) is 6.54 Å². The van der Waals surface area contributed by atoms with Crippen molar-refractivity contribution in [1.29, 1.82) is 0 Å². The van der Waals surface area contributed by atoms with Gasteiger partial charge in [-0.3, -0.25) is 4.99 Å². The predicted octanol–water partition coefficient (Wildman–Crippen LogP) is 3.01. The molecule has 1 aliphatic rings. The first-order chi connectivity index (χ1) is 8.35. The van der Waals surface area contributed by atoms with Crippen molar-refractivity contribution in [2.24, 2.45) is 26.5 Å². The molecule has 0 amide bonds. The second kappa shape index (κ2) is 4.23. The van der Waals surface area contributed by atoms with Crippen LogP contribution < -0.4 is 5.73 Å². The van der Waals surface area contributed by atoms with Gasteiger partial charge < -0.3 is 5.73 Å². The van der Waals surface area contributed by atoms with Gasteiger partial charge in [0.1, 0.15) is 11.7 Å². The monoisotopic (exact) mass is 243 g/mol. The standard InChI is InChI=1S/C15H21N3/c1-14(2)12(16)18-13(15(14,3)4)17-10-11-8-6-5-7-9-11/h5-9H,10H2,1-4H3,(H2,16,17,18). The highest BCUT2D eigenvalue weighted by atomic mass is 15.0. The van der Waals surface area contributed by atoms with Gasteiger partial charge in [-0.15, -0.1) is 0 Å². The minimum atomic E-state index is -0.136. The van der Waals surface area contributed by atoms with E-state index < -0.39 is 0 Å². The molecule has 2 rings (SSSR count). The molecule has 1 aromatic rings. The number of nitrogens with two attached hydrogens (primary N) is 1. The van der Waals surface area contributed by atoms with Gasteiger partial charge in [-0.25, -0.2) is 4.99 Å². The Morgan fingerprint density at radius 3 is 2.17 bits per heavy atom. The zero-order valence-corrected chi connectivity index (χ0v) is 11.6. The summed E-state index contributed by atoms with van der Waals surface area (Å²) >= 11 is 0. The van der Waals surface area contributed by atoms with Crippen molar-refractivity contribution in [1.82, 2.24) is 0 Å². The summed E-state index contributed by atoms with van der Waals surface area (Å²) in [4.78, 5) is 9.09. The molecule has 0 atom stereocenters. The maximum atomic E-state index is 6.02. The lowest BCUT2D eigenvalue weighted by molar-refractivity contribution is 0.295. The molecule has 1 aliphatic heterocycles. The third-order valence-corrected chi connectivity index (χ3v) is 4.24. The van der Waals surface area contributed by atoms with Crippen LogP contribution in [-0.4, -0.2) is 11.7 Å². The zero-order valence-electron chi connectivity index (χ0n) is 11.6. The van der Waals surface area contributed by atoms with Crippen LogP contribution in [0.5, 0.6) is 0 Å². The van der Waals surface area contributed by atoms with E-state index in [1.54, 1.807) is 0 Å². The van der Waals surface area contributed by atoms with Crippen LogP contribution in [0.2, 0.25) is 0 Å². The molecule has 0 bridgehead atoms. The molecule has 96 valence electrons. The summed E-state index contributed by atoms with van der Waals surface area (Å²) in [5.41, 5.74) is 6.95. The van der Waals surface area contributed by atoms with E-state index in [1.165, 1.54) is 5.56 Å². The number of amidine groups is 2. The summed E-state index contributed by atoms with van der Waals surface area (Å²) in [6.07, 6.45) is 0. The van der Waals surface area contributed by atoms with Crippen LogP contribution in [0.25, 0.3) is 0 Å². The van der Waals surface area contributed by atoms with E-state index in [4.69, 9.17) is 5.73 Å². The van der Waals surface area contributed by atoms with Gasteiger partial charge in [-0.1, -0.05) is 58.0 Å². The van der Waals surface area contributed by atoms with Crippen LogP contribution in [0.15, 0.2) is 40.3 Å². The first-order valence-corrected chi connectivity index (χ1v) is 6.29. The smallest absolute Gasteiger partial charge is 0.132 e. The quantitative estimate of drug-likeness (QED) is 0.853. The number of benzene rings is 1. The molecule has 0 fully saturated rings. The molecule has 0 saturated heterocycles. The Balaban J connectivity index is 2.25. The van der Waals surface area contributed by atoms with Crippen LogP contribution in [0, 0.1) is 10.8 Å². The summed E-state index contributed by atoms with van der Waals surface area (Å²) < 4.78 is 0. The molecule has 3 heteroatoms. The van der Waals surface area contributed by atoms with Crippen molar-refractivity contribution in [2.75, 3.05) is 0 Å². The Bertz CT molecular complexity index is 496. The number of nitrogens with zero attached hydrogens (tertiary/aromatic N) is 2. The molecule has 0 saturated carbocycles. The fourth-order valence-electron chi connectivity index (χ4n) is 1.98. The van der Waals surface area contributed by atoms with Crippen LogP contribution in [0.4, 0.5) is 0 Å². The van der Waals surface area contributed by atoms with E-state index in [9.17, 15) is 0 Å². The van der Waals surface area contributed by atoms with E-state index in [1.807, 2.05) is 18.2 Å². The number of hydrogen-bond acceptors (Lipinski definition) is 2. The van der Waals surface area contributed by atoms with Gasteiger partial charge in [-0.2, -0.15) is 0 Å². The Kier molecular flexibility index (Phi) is 3.01. The van der Waals surface area contributed by atoms with Crippen molar-refractivity contribution in [2.45, 2.75) is 34.2 Å². The molecule has 1 heterocycles. The van der Waals surface area contributed by atoms with Crippen LogP contribution in [0.3, 0.4) is 0 Å². The minimum absolute atomic E-state index is 0.119. The number of rotatable bonds is 2. The average Bonchev–Trinajstić information content (AvgIpc) is 2.48. The highest BCUT2D eigenvalue weighted by Crippen LogP contribution is 2.44.